The highest BCUT2D eigenvalue weighted by Crippen LogP contribution is 2.23. The van der Waals surface area contributed by atoms with Gasteiger partial charge < -0.3 is 10.5 Å². The van der Waals surface area contributed by atoms with Crippen LogP contribution in [0.3, 0.4) is 0 Å². The van der Waals surface area contributed by atoms with Crippen LogP contribution in [0.5, 0.6) is 0 Å². The van der Waals surface area contributed by atoms with E-state index in [9.17, 15) is 4.79 Å². The molecule has 1 aromatic heterocycles. The van der Waals surface area contributed by atoms with Gasteiger partial charge in [-0.2, -0.15) is 0 Å². The highest BCUT2D eigenvalue weighted by molar-refractivity contribution is 7.16. The van der Waals surface area contributed by atoms with Crippen LogP contribution in [0.25, 0.3) is 0 Å². The van der Waals surface area contributed by atoms with Crippen LogP contribution >= 0.6 is 34.5 Å². The third-order valence-electron chi connectivity index (χ3n) is 2.21. The largest absolute Gasteiger partial charge is 0.456 e. The molecule has 0 saturated heterocycles. The van der Waals surface area contributed by atoms with Crippen molar-refractivity contribution in [3.05, 3.63) is 50.1 Å². The SMILES string of the molecule is Nc1ccc(Cl)cc1C(=O)OCc1ccc(Cl)s1. The van der Waals surface area contributed by atoms with Crippen LogP contribution < -0.4 is 5.73 Å². The van der Waals surface area contributed by atoms with Crippen molar-refractivity contribution >= 4 is 46.2 Å². The zero-order chi connectivity index (χ0) is 13.1. The van der Waals surface area contributed by atoms with Gasteiger partial charge in [0, 0.05) is 15.6 Å². The van der Waals surface area contributed by atoms with E-state index < -0.39 is 5.97 Å². The number of hydrogen-bond acceptors (Lipinski definition) is 4. The maximum absolute atomic E-state index is 11.8. The van der Waals surface area contributed by atoms with E-state index in [4.69, 9.17) is 33.7 Å². The summed E-state index contributed by atoms with van der Waals surface area (Å²) in [6, 6.07) is 8.24. The lowest BCUT2D eigenvalue weighted by Gasteiger charge is -2.06. The molecule has 0 bridgehead atoms. The number of carbonyl (C=O) groups is 1. The first kappa shape index (κ1) is 13.2. The number of esters is 1. The van der Waals surface area contributed by atoms with E-state index >= 15 is 0 Å². The number of nitrogen functional groups attached to an aromatic ring is 1. The summed E-state index contributed by atoms with van der Waals surface area (Å²) >= 11 is 12.9. The van der Waals surface area contributed by atoms with Gasteiger partial charge in [-0.3, -0.25) is 0 Å². The first-order chi connectivity index (χ1) is 8.56. The smallest absolute Gasteiger partial charge is 0.340 e. The normalized spacial score (nSPS) is 10.3. The van der Waals surface area contributed by atoms with Crippen molar-refractivity contribution in [1.82, 2.24) is 0 Å². The molecular formula is C12H9Cl2NO2S. The minimum Gasteiger partial charge on any atom is -0.456 e. The predicted octanol–water partition coefficient (Wildman–Crippen LogP) is 3.99. The van der Waals surface area contributed by atoms with Crippen LogP contribution in [-0.2, 0) is 11.3 Å². The Hall–Kier alpha value is -1.23. The van der Waals surface area contributed by atoms with Crippen LogP contribution in [0.15, 0.2) is 30.3 Å². The van der Waals surface area contributed by atoms with Crippen LogP contribution in [-0.4, -0.2) is 5.97 Å². The molecule has 6 heteroatoms. The number of benzene rings is 1. The molecule has 0 aliphatic carbocycles. The summed E-state index contributed by atoms with van der Waals surface area (Å²) in [6.45, 7) is 0.169. The number of anilines is 1. The minimum absolute atomic E-state index is 0.169. The van der Waals surface area contributed by atoms with E-state index in [0.717, 1.165) is 4.88 Å². The second kappa shape index (κ2) is 5.61. The van der Waals surface area contributed by atoms with Gasteiger partial charge in [0.15, 0.2) is 0 Å². The average Bonchev–Trinajstić information content (AvgIpc) is 2.75. The van der Waals surface area contributed by atoms with Gasteiger partial charge in [-0.05, 0) is 30.3 Å². The zero-order valence-electron chi connectivity index (χ0n) is 9.15. The predicted molar refractivity (Wildman–Crippen MR) is 74.3 cm³/mol. The van der Waals surface area contributed by atoms with E-state index in [1.165, 1.54) is 17.4 Å². The highest BCUT2D eigenvalue weighted by Gasteiger charge is 2.12. The lowest BCUT2D eigenvalue weighted by Crippen LogP contribution is -2.07. The fourth-order valence-corrected chi connectivity index (χ4v) is 2.52. The Morgan fingerprint density at radius 2 is 2.06 bits per heavy atom. The molecule has 0 spiro atoms. The lowest BCUT2D eigenvalue weighted by molar-refractivity contribution is 0.0478. The Morgan fingerprint density at radius 3 is 2.72 bits per heavy atom. The Bertz CT molecular complexity index is 583. The van der Waals surface area contributed by atoms with Crippen molar-refractivity contribution < 1.29 is 9.53 Å². The van der Waals surface area contributed by atoms with Crippen LogP contribution in [0.2, 0.25) is 9.36 Å². The summed E-state index contributed by atoms with van der Waals surface area (Å²) in [5.41, 5.74) is 6.30. The summed E-state index contributed by atoms with van der Waals surface area (Å²) in [4.78, 5) is 12.7. The van der Waals surface area contributed by atoms with Crippen molar-refractivity contribution in [2.45, 2.75) is 6.61 Å². The molecule has 0 fully saturated rings. The van der Waals surface area contributed by atoms with Gasteiger partial charge in [-0.1, -0.05) is 23.2 Å². The number of nitrogens with two attached hydrogens (primary N) is 1. The van der Waals surface area contributed by atoms with E-state index in [1.807, 2.05) is 6.07 Å². The van der Waals surface area contributed by atoms with Crippen molar-refractivity contribution in [2.24, 2.45) is 0 Å². The maximum atomic E-state index is 11.8. The second-order valence-corrected chi connectivity index (χ2v) is 5.75. The molecule has 1 aromatic carbocycles. The number of halogens is 2. The number of thiophene rings is 1. The number of ether oxygens (including phenoxy) is 1. The van der Waals surface area contributed by atoms with E-state index in [1.54, 1.807) is 18.2 Å². The molecule has 3 nitrogen and oxygen atoms in total. The monoisotopic (exact) mass is 301 g/mol. The van der Waals surface area contributed by atoms with Gasteiger partial charge in [-0.25, -0.2) is 4.79 Å². The van der Waals surface area contributed by atoms with E-state index in [0.29, 0.717) is 15.0 Å². The zero-order valence-corrected chi connectivity index (χ0v) is 11.5. The summed E-state index contributed by atoms with van der Waals surface area (Å²) in [5.74, 6) is -0.500. The molecule has 1 heterocycles. The standard InChI is InChI=1S/C12H9Cl2NO2S/c13-7-1-3-10(15)9(5-7)12(16)17-6-8-2-4-11(14)18-8/h1-5H,6,15H2. The molecular weight excluding hydrogens is 293 g/mol. The van der Waals surface area contributed by atoms with Crippen molar-refractivity contribution in [3.63, 3.8) is 0 Å². The van der Waals surface area contributed by atoms with E-state index in [2.05, 4.69) is 0 Å². The molecule has 2 aromatic rings. The molecule has 0 unspecified atom stereocenters. The Balaban J connectivity index is 2.05. The van der Waals surface area contributed by atoms with Crippen LogP contribution in [0.1, 0.15) is 15.2 Å². The fourth-order valence-electron chi connectivity index (χ4n) is 1.35. The van der Waals surface area contributed by atoms with Gasteiger partial charge in [0.25, 0.3) is 0 Å². The van der Waals surface area contributed by atoms with Gasteiger partial charge in [0.1, 0.15) is 6.61 Å². The first-order valence-corrected chi connectivity index (χ1v) is 6.60. The molecule has 0 amide bonds. The minimum atomic E-state index is -0.500. The van der Waals surface area contributed by atoms with Crippen molar-refractivity contribution in [2.75, 3.05) is 5.73 Å². The molecule has 18 heavy (non-hydrogen) atoms. The second-order valence-electron chi connectivity index (χ2n) is 3.51. The van der Waals surface area contributed by atoms with Crippen molar-refractivity contribution in [3.8, 4) is 0 Å². The van der Waals surface area contributed by atoms with E-state index in [-0.39, 0.29) is 12.2 Å². The quantitative estimate of drug-likeness (QED) is 0.689. The van der Waals surface area contributed by atoms with Crippen molar-refractivity contribution in [1.29, 1.82) is 0 Å². The molecule has 94 valence electrons. The topological polar surface area (TPSA) is 52.3 Å². The summed E-state index contributed by atoms with van der Waals surface area (Å²) in [5, 5.41) is 0.440. The highest BCUT2D eigenvalue weighted by atomic mass is 35.5. The average molecular weight is 302 g/mol. The number of hydrogen-bond donors (Lipinski definition) is 1. The molecule has 2 rings (SSSR count). The maximum Gasteiger partial charge on any atom is 0.340 e. The summed E-state index contributed by atoms with van der Waals surface area (Å²) in [6.07, 6.45) is 0. The van der Waals surface area contributed by atoms with Gasteiger partial charge in [-0.15, -0.1) is 11.3 Å². The first-order valence-electron chi connectivity index (χ1n) is 5.02. The van der Waals surface area contributed by atoms with Gasteiger partial charge in [0.2, 0.25) is 0 Å². The number of carbonyl (C=O) groups excluding carboxylic acids is 1. The third kappa shape index (κ3) is 3.16. The summed E-state index contributed by atoms with van der Waals surface area (Å²) in [7, 11) is 0. The fraction of sp³-hybridized carbons (Fsp3) is 0.0833. The molecule has 0 aliphatic rings. The Labute approximate surface area is 118 Å². The molecule has 2 N–H and O–H groups in total. The summed E-state index contributed by atoms with van der Waals surface area (Å²) < 4.78 is 5.79. The molecule has 0 saturated carbocycles. The van der Waals surface area contributed by atoms with Gasteiger partial charge in [0.05, 0.1) is 9.90 Å². The molecule has 0 radical (unpaired) electrons. The Morgan fingerprint density at radius 1 is 1.28 bits per heavy atom. The van der Waals surface area contributed by atoms with Gasteiger partial charge >= 0.3 is 5.97 Å². The number of rotatable bonds is 3. The van der Waals surface area contributed by atoms with Crippen LogP contribution in [0, 0.1) is 0 Å². The molecule has 0 atom stereocenters. The Kier molecular flexibility index (Phi) is 4.11. The lowest BCUT2D eigenvalue weighted by atomic mass is 10.2. The third-order valence-corrected chi connectivity index (χ3v) is 3.65. The van der Waals surface area contributed by atoms with Crippen LogP contribution in [0.4, 0.5) is 5.69 Å². The molecule has 0 aliphatic heterocycles.